The lowest BCUT2D eigenvalue weighted by Gasteiger charge is -2.17. The third kappa shape index (κ3) is 2.71. The van der Waals surface area contributed by atoms with Crippen molar-refractivity contribution in [2.75, 3.05) is 19.4 Å². The van der Waals surface area contributed by atoms with Crippen LogP contribution < -0.4 is 5.32 Å². The summed E-state index contributed by atoms with van der Waals surface area (Å²) in [5, 5.41) is 2.97. The number of allylic oxidation sites excluding steroid dienone is 2. The van der Waals surface area contributed by atoms with Gasteiger partial charge >= 0.3 is 0 Å². The number of nitrogens with one attached hydrogen (secondary N) is 1. The van der Waals surface area contributed by atoms with Crippen molar-refractivity contribution in [1.29, 1.82) is 0 Å². The van der Waals surface area contributed by atoms with E-state index in [0.29, 0.717) is 17.4 Å². The summed E-state index contributed by atoms with van der Waals surface area (Å²) < 4.78 is 0. The first-order valence-electron chi connectivity index (χ1n) is 7.35. The summed E-state index contributed by atoms with van der Waals surface area (Å²) in [4.78, 5) is 25.7. The van der Waals surface area contributed by atoms with Gasteiger partial charge in [0.1, 0.15) is 0 Å². The van der Waals surface area contributed by atoms with Gasteiger partial charge < -0.3 is 10.2 Å². The Labute approximate surface area is 124 Å². The van der Waals surface area contributed by atoms with Gasteiger partial charge in [-0.25, -0.2) is 0 Å². The molecule has 0 aliphatic heterocycles. The monoisotopic (exact) mass is 284 g/mol. The van der Waals surface area contributed by atoms with Crippen molar-refractivity contribution in [3.63, 3.8) is 0 Å². The molecule has 3 atom stereocenters. The third-order valence-corrected chi connectivity index (χ3v) is 4.42. The maximum Gasteiger partial charge on any atom is 0.253 e. The van der Waals surface area contributed by atoms with E-state index >= 15 is 0 Å². The fraction of sp³-hybridized carbons (Fsp3) is 0.412. The molecule has 4 nitrogen and oxygen atoms in total. The quantitative estimate of drug-likeness (QED) is 0.867. The zero-order valence-electron chi connectivity index (χ0n) is 12.4. The van der Waals surface area contributed by atoms with Gasteiger partial charge in [-0.1, -0.05) is 12.2 Å². The molecular formula is C17H20N2O2. The van der Waals surface area contributed by atoms with Gasteiger partial charge in [-0.2, -0.15) is 0 Å². The van der Waals surface area contributed by atoms with E-state index in [2.05, 4.69) is 17.5 Å². The molecule has 0 spiro atoms. The molecule has 2 bridgehead atoms. The van der Waals surface area contributed by atoms with Crippen LogP contribution in [0.15, 0.2) is 36.4 Å². The van der Waals surface area contributed by atoms with Crippen LogP contribution in [0.5, 0.6) is 0 Å². The molecule has 0 heterocycles. The van der Waals surface area contributed by atoms with Crippen molar-refractivity contribution in [2.24, 2.45) is 17.8 Å². The Morgan fingerprint density at radius 1 is 1.10 bits per heavy atom. The second-order valence-corrected chi connectivity index (χ2v) is 6.15. The van der Waals surface area contributed by atoms with E-state index < -0.39 is 0 Å². The largest absolute Gasteiger partial charge is 0.345 e. The molecule has 1 aromatic rings. The molecule has 110 valence electrons. The molecule has 3 rings (SSSR count). The van der Waals surface area contributed by atoms with Crippen LogP contribution in [0.3, 0.4) is 0 Å². The topological polar surface area (TPSA) is 49.4 Å². The Morgan fingerprint density at radius 3 is 2.33 bits per heavy atom. The van der Waals surface area contributed by atoms with E-state index in [4.69, 9.17) is 0 Å². The Balaban J connectivity index is 1.64. The Bertz CT molecular complexity index is 589. The fourth-order valence-corrected chi connectivity index (χ4v) is 3.27. The summed E-state index contributed by atoms with van der Waals surface area (Å²) in [5.41, 5.74) is 1.38. The van der Waals surface area contributed by atoms with Crippen LogP contribution in [0, 0.1) is 17.8 Å². The Morgan fingerprint density at radius 2 is 1.81 bits per heavy atom. The number of carbonyl (C=O) groups is 2. The van der Waals surface area contributed by atoms with Crippen LogP contribution in [-0.2, 0) is 4.79 Å². The molecule has 0 radical (unpaired) electrons. The van der Waals surface area contributed by atoms with Gasteiger partial charge in [-0.05, 0) is 48.9 Å². The molecule has 1 aromatic carbocycles. The van der Waals surface area contributed by atoms with E-state index in [-0.39, 0.29) is 17.7 Å². The summed E-state index contributed by atoms with van der Waals surface area (Å²) in [6.07, 6.45) is 6.49. The van der Waals surface area contributed by atoms with E-state index in [1.54, 1.807) is 38.4 Å². The zero-order valence-corrected chi connectivity index (χ0v) is 12.4. The third-order valence-electron chi connectivity index (χ3n) is 4.42. The van der Waals surface area contributed by atoms with Crippen LogP contribution in [0.4, 0.5) is 5.69 Å². The minimum atomic E-state index is -0.0360. The summed E-state index contributed by atoms with van der Waals surface area (Å²) in [6, 6.07) is 7.08. The van der Waals surface area contributed by atoms with Crippen molar-refractivity contribution in [3.05, 3.63) is 42.0 Å². The summed E-state index contributed by atoms with van der Waals surface area (Å²) in [7, 11) is 3.45. The van der Waals surface area contributed by atoms with Gasteiger partial charge in [0.25, 0.3) is 5.91 Å². The maximum absolute atomic E-state index is 12.3. The van der Waals surface area contributed by atoms with Crippen molar-refractivity contribution in [1.82, 2.24) is 4.90 Å². The number of benzene rings is 1. The summed E-state index contributed by atoms with van der Waals surface area (Å²) in [5.74, 6) is 1.16. The first kappa shape index (κ1) is 13.9. The van der Waals surface area contributed by atoms with Gasteiger partial charge in [0.2, 0.25) is 5.91 Å². The Kier molecular flexibility index (Phi) is 3.53. The SMILES string of the molecule is CN(C)C(=O)c1ccc(NC(=O)C2CC3C=CC2C3)cc1. The highest BCUT2D eigenvalue weighted by Gasteiger charge is 2.39. The molecule has 2 amide bonds. The van der Waals surface area contributed by atoms with E-state index in [9.17, 15) is 9.59 Å². The van der Waals surface area contributed by atoms with E-state index in [1.807, 2.05) is 0 Å². The minimum absolute atomic E-state index is 0.0360. The lowest BCUT2D eigenvalue weighted by Crippen LogP contribution is -2.26. The van der Waals surface area contributed by atoms with Crippen molar-refractivity contribution in [3.8, 4) is 0 Å². The summed E-state index contributed by atoms with van der Waals surface area (Å²) >= 11 is 0. The second-order valence-electron chi connectivity index (χ2n) is 6.15. The van der Waals surface area contributed by atoms with Crippen LogP contribution in [0.1, 0.15) is 23.2 Å². The van der Waals surface area contributed by atoms with Gasteiger partial charge in [-0.15, -0.1) is 0 Å². The highest BCUT2D eigenvalue weighted by atomic mass is 16.2. The lowest BCUT2D eigenvalue weighted by atomic mass is 9.93. The standard InChI is InChI=1S/C17H20N2O2/c1-19(2)17(21)12-5-7-14(8-6-12)18-16(20)15-10-11-3-4-13(15)9-11/h3-8,11,13,15H,9-10H2,1-2H3,(H,18,20). The average molecular weight is 284 g/mol. The van der Waals surface area contributed by atoms with Crippen molar-refractivity contribution in [2.45, 2.75) is 12.8 Å². The van der Waals surface area contributed by atoms with E-state index in [0.717, 1.165) is 18.5 Å². The number of hydrogen-bond acceptors (Lipinski definition) is 2. The molecule has 1 saturated carbocycles. The second kappa shape index (κ2) is 5.35. The fourth-order valence-electron chi connectivity index (χ4n) is 3.27. The molecule has 1 fully saturated rings. The van der Waals surface area contributed by atoms with Gasteiger partial charge in [-0.3, -0.25) is 9.59 Å². The Hall–Kier alpha value is -2.10. The molecular weight excluding hydrogens is 264 g/mol. The highest BCUT2D eigenvalue weighted by Crippen LogP contribution is 2.43. The predicted molar refractivity (Wildman–Crippen MR) is 81.9 cm³/mol. The normalized spacial score (nSPS) is 25.9. The minimum Gasteiger partial charge on any atom is -0.345 e. The first-order valence-corrected chi connectivity index (χ1v) is 7.35. The molecule has 2 aliphatic carbocycles. The first-order chi connectivity index (χ1) is 10.0. The highest BCUT2D eigenvalue weighted by molar-refractivity contribution is 5.96. The molecule has 0 saturated heterocycles. The zero-order chi connectivity index (χ0) is 15.0. The molecule has 21 heavy (non-hydrogen) atoms. The number of nitrogens with zero attached hydrogens (tertiary/aromatic N) is 1. The van der Waals surface area contributed by atoms with Crippen LogP contribution in [0.2, 0.25) is 0 Å². The van der Waals surface area contributed by atoms with Gasteiger partial charge in [0.05, 0.1) is 0 Å². The number of rotatable bonds is 3. The van der Waals surface area contributed by atoms with Crippen LogP contribution in [-0.4, -0.2) is 30.8 Å². The van der Waals surface area contributed by atoms with Gasteiger partial charge in [0.15, 0.2) is 0 Å². The number of amides is 2. The number of anilines is 1. The van der Waals surface area contributed by atoms with Gasteiger partial charge in [0, 0.05) is 31.3 Å². The maximum atomic E-state index is 12.3. The lowest BCUT2D eigenvalue weighted by molar-refractivity contribution is -0.120. The number of carbonyl (C=O) groups excluding carboxylic acids is 2. The van der Waals surface area contributed by atoms with Crippen molar-refractivity contribution >= 4 is 17.5 Å². The summed E-state index contributed by atoms with van der Waals surface area (Å²) in [6.45, 7) is 0. The molecule has 1 N–H and O–H groups in total. The van der Waals surface area contributed by atoms with E-state index in [1.165, 1.54) is 4.90 Å². The smallest absolute Gasteiger partial charge is 0.253 e. The molecule has 2 aliphatic rings. The average Bonchev–Trinajstić information content (AvgIpc) is 3.10. The van der Waals surface area contributed by atoms with Crippen LogP contribution >= 0.6 is 0 Å². The van der Waals surface area contributed by atoms with Crippen molar-refractivity contribution < 1.29 is 9.59 Å². The predicted octanol–water partition coefficient (Wildman–Crippen LogP) is 2.54. The van der Waals surface area contributed by atoms with Crippen LogP contribution in [0.25, 0.3) is 0 Å². The number of fused-ring (bicyclic) bond motifs is 2. The molecule has 4 heteroatoms. The molecule has 0 aromatic heterocycles. The molecule has 3 unspecified atom stereocenters. The number of hydrogen-bond donors (Lipinski definition) is 1.